The smallest absolute Gasteiger partial charge is 0.247 e. The van der Waals surface area contributed by atoms with Crippen LogP contribution in [0.15, 0.2) is 84.9 Å². The Morgan fingerprint density at radius 1 is 1.05 bits per heavy atom. The maximum atomic E-state index is 13.5. The van der Waals surface area contributed by atoms with Gasteiger partial charge in [0.25, 0.3) is 0 Å². The molecule has 6 rings (SSSR count). The first-order valence-corrected chi connectivity index (χ1v) is 13.6. The Hall–Kier alpha value is -4.27. The van der Waals surface area contributed by atoms with Crippen LogP contribution in [-0.2, 0) is 22.6 Å². The zero-order valence-electron chi connectivity index (χ0n) is 22.1. The quantitative estimate of drug-likeness (QED) is 0.231. The van der Waals surface area contributed by atoms with E-state index in [2.05, 4.69) is 12.1 Å². The van der Waals surface area contributed by atoms with Gasteiger partial charge in [-0.05, 0) is 49.1 Å². The molecule has 0 radical (unpaired) electrons. The molecule has 2 fully saturated rings. The molecule has 2 aliphatic rings. The number of ether oxygens (including phenoxy) is 1. The van der Waals surface area contributed by atoms with Gasteiger partial charge < -0.3 is 15.4 Å². The largest absolute Gasteiger partial charge is 0.489 e. The zero-order valence-corrected chi connectivity index (χ0v) is 22.1. The molecule has 2 amide bonds. The highest BCUT2D eigenvalue weighted by Gasteiger charge is 2.64. The topological polar surface area (TPSA) is 118 Å². The van der Waals surface area contributed by atoms with Crippen molar-refractivity contribution < 1.29 is 19.5 Å². The van der Waals surface area contributed by atoms with Gasteiger partial charge in [-0.25, -0.2) is 10.5 Å². The van der Waals surface area contributed by atoms with Crippen molar-refractivity contribution in [3.05, 3.63) is 96.1 Å². The SMILES string of the molecule is N[C@@H]1CCN(C(=O)[C@@]2(Cc3ccc(OCc4cc(-c5ccccc5)nc5ccccc45)cc3)C[C@@H]2C(=O)NO)C1. The lowest BCUT2D eigenvalue weighted by Crippen LogP contribution is -2.40. The van der Waals surface area contributed by atoms with Crippen LogP contribution in [0, 0.1) is 11.3 Å². The van der Waals surface area contributed by atoms with Gasteiger partial charge >= 0.3 is 0 Å². The van der Waals surface area contributed by atoms with Crippen LogP contribution in [0.1, 0.15) is 24.0 Å². The van der Waals surface area contributed by atoms with Gasteiger partial charge in [0, 0.05) is 35.6 Å². The minimum absolute atomic E-state index is 0.0393. The molecule has 40 heavy (non-hydrogen) atoms. The van der Waals surface area contributed by atoms with E-state index < -0.39 is 17.2 Å². The summed E-state index contributed by atoms with van der Waals surface area (Å²) >= 11 is 0. The minimum atomic E-state index is -0.858. The van der Waals surface area contributed by atoms with Crippen molar-refractivity contribution in [2.75, 3.05) is 13.1 Å². The summed E-state index contributed by atoms with van der Waals surface area (Å²) in [5, 5.41) is 10.2. The fourth-order valence-corrected chi connectivity index (χ4v) is 5.87. The average Bonchev–Trinajstić information content (AvgIpc) is 3.56. The number of hydroxylamine groups is 1. The van der Waals surface area contributed by atoms with Crippen molar-refractivity contribution in [2.24, 2.45) is 17.1 Å². The molecule has 1 aliphatic carbocycles. The number of nitrogens with one attached hydrogen (secondary N) is 1. The van der Waals surface area contributed by atoms with Gasteiger partial charge in [0.05, 0.1) is 22.5 Å². The second-order valence-electron chi connectivity index (χ2n) is 10.8. The summed E-state index contributed by atoms with van der Waals surface area (Å²) in [6.45, 7) is 1.47. The van der Waals surface area contributed by atoms with E-state index in [1.165, 1.54) is 0 Å². The highest BCUT2D eigenvalue weighted by atomic mass is 16.5. The fraction of sp³-hybridized carbons (Fsp3) is 0.281. The summed E-state index contributed by atoms with van der Waals surface area (Å²) in [7, 11) is 0. The molecular weight excluding hydrogens is 504 g/mol. The third kappa shape index (κ3) is 5.03. The molecular formula is C32H32N4O4. The van der Waals surface area contributed by atoms with Gasteiger partial charge in [-0.15, -0.1) is 0 Å². The number of carbonyl (C=O) groups excluding carboxylic acids is 2. The number of amides is 2. The zero-order chi connectivity index (χ0) is 27.7. The number of carbonyl (C=O) groups is 2. The van der Waals surface area contributed by atoms with E-state index in [1.807, 2.05) is 72.8 Å². The molecule has 0 bridgehead atoms. The van der Waals surface area contributed by atoms with Gasteiger partial charge in [0.1, 0.15) is 12.4 Å². The van der Waals surface area contributed by atoms with Crippen LogP contribution < -0.4 is 16.0 Å². The van der Waals surface area contributed by atoms with Gasteiger partial charge in [-0.1, -0.05) is 60.7 Å². The van der Waals surface area contributed by atoms with Gasteiger partial charge in [0.15, 0.2) is 0 Å². The number of benzene rings is 3. The molecule has 1 aliphatic heterocycles. The van der Waals surface area contributed by atoms with Gasteiger partial charge in [-0.2, -0.15) is 0 Å². The van der Waals surface area contributed by atoms with Crippen LogP contribution in [0.5, 0.6) is 5.75 Å². The average molecular weight is 537 g/mol. The maximum Gasteiger partial charge on any atom is 0.247 e. The molecule has 204 valence electrons. The molecule has 4 N–H and O–H groups in total. The Balaban J connectivity index is 1.18. The number of aromatic nitrogens is 1. The number of nitrogens with two attached hydrogens (primary N) is 1. The normalized spacial score (nSPS) is 21.8. The lowest BCUT2D eigenvalue weighted by Gasteiger charge is -2.24. The predicted octanol–water partition coefficient (Wildman–Crippen LogP) is 4.09. The number of rotatable bonds is 8. The van der Waals surface area contributed by atoms with Crippen LogP contribution in [0.3, 0.4) is 0 Å². The molecule has 0 spiro atoms. The molecule has 1 saturated carbocycles. The Kier molecular flexibility index (Phi) is 6.96. The summed E-state index contributed by atoms with van der Waals surface area (Å²) < 4.78 is 6.20. The molecule has 1 aromatic heterocycles. The number of likely N-dealkylation sites (tertiary alicyclic amines) is 1. The van der Waals surface area contributed by atoms with E-state index in [0.717, 1.165) is 39.7 Å². The molecule has 2 heterocycles. The first kappa shape index (κ1) is 26.0. The van der Waals surface area contributed by atoms with Crippen LogP contribution in [0.4, 0.5) is 0 Å². The number of hydrogen-bond donors (Lipinski definition) is 3. The summed E-state index contributed by atoms with van der Waals surface area (Å²) in [4.78, 5) is 32.3. The van der Waals surface area contributed by atoms with Crippen molar-refractivity contribution in [3.63, 3.8) is 0 Å². The van der Waals surface area contributed by atoms with E-state index in [1.54, 1.807) is 10.4 Å². The van der Waals surface area contributed by atoms with E-state index in [9.17, 15) is 14.8 Å². The van der Waals surface area contributed by atoms with Crippen LogP contribution in [0.25, 0.3) is 22.2 Å². The van der Waals surface area contributed by atoms with Crippen LogP contribution in [0.2, 0.25) is 0 Å². The molecule has 3 atom stereocenters. The Labute approximate surface area is 232 Å². The molecule has 1 saturated heterocycles. The highest BCUT2D eigenvalue weighted by molar-refractivity contribution is 5.96. The number of para-hydroxylation sites is 1. The molecule has 8 nitrogen and oxygen atoms in total. The van der Waals surface area contributed by atoms with Crippen molar-refractivity contribution in [2.45, 2.75) is 31.9 Å². The third-order valence-electron chi connectivity index (χ3n) is 8.15. The Morgan fingerprint density at radius 3 is 2.52 bits per heavy atom. The second-order valence-corrected chi connectivity index (χ2v) is 10.8. The second kappa shape index (κ2) is 10.7. The Morgan fingerprint density at radius 2 is 1.80 bits per heavy atom. The van der Waals surface area contributed by atoms with E-state index in [4.69, 9.17) is 15.5 Å². The Bertz CT molecular complexity index is 1540. The lowest BCUT2D eigenvalue weighted by atomic mass is 9.92. The van der Waals surface area contributed by atoms with Crippen LogP contribution in [-0.4, -0.2) is 46.0 Å². The summed E-state index contributed by atoms with van der Waals surface area (Å²) in [5.41, 5.74) is 11.7. The molecule has 4 aromatic rings. The highest BCUT2D eigenvalue weighted by Crippen LogP contribution is 2.56. The van der Waals surface area contributed by atoms with Crippen molar-refractivity contribution in [3.8, 4) is 17.0 Å². The minimum Gasteiger partial charge on any atom is -0.489 e. The summed E-state index contributed by atoms with van der Waals surface area (Å²) in [6.07, 6.45) is 1.57. The number of fused-ring (bicyclic) bond motifs is 1. The van der Waals surface area contributed by atoms with E-state index in [0.29, 0.717) is 38.3 Å². The maximum absolute atomic E-state index is 13.5. The van der Waals surface area contributed by atoms with Crippen molar-refractivity contribution >= 4 is 22.7 Å². The lowest BCUT2D eigenvalue weighted by molar-refractivity contribution is -0.140. The standard InChI is InChI=1S/C32H32N4O4/c33-24-14-15-36(19-24)31(38)32(18-27(32)30(37)35-39)17-21-10-12-25(13-11-21)40-20-23-16-29(22-6-2-1-3-7-22)34-28-9-5-4-8-26(23)28/h1-13,16,24,27,39H,14-15,17-20,33H2,(H,35,37)/t24-,27-,32+/m1/s1. The first-order chi connectivity index (χ1) is 19.5. The fourth-order valence-electron chi connectivity index (χ4n) is 5.87. The summed E-state index contributed by atoms with van der Waals surface area (Å²) in [6, 6.07) is 27.8. The van der Waals surface area contributed by atoms with Gasteiger partial charge in [0.2, 0.25) is 11.8 Å². The number of hydrogen-bond acceptors (Lipinski definition) is 6. The molecule has 0 unspecified atom stereocenters. The van der Waals surface area contributed by atoms with Crippen LogP contribution >= 0.6 is 0 Å². The van der Waals surface area contributed by atoms with Crippen molar-refractivity contribution in [1.29, 1.82) is 0 Å². The van der Waals surface area contributed by atoms with Gasteiger partial charge in [-0.3, -0.25) is 14.8 Å². The monoisotopic (exact) mass is 536 g/mol. The number of pyridine rings is 1. The van der Waals surface area contributed by atoms with Crippen molar-refractivity contribution in [1.82, 2.24) is 15.4 Å². The first-order valence-electron chi connectivity index (χ1n) is 13.6. The predicted molar refractivity (Wildman–Crippen MR) is 151 cm³/mol. The molecule has 8 heteroatoms. The van der Waals surface area contributed by atoms with E-state index in [-0.39, 0.29) is 11.9 Å². The summed E-state index contributed by atoms with van der Waals surface area (Å²) in [5.74, 6) is -0.432. The number of nitrogens with zero attached hydrogens (tertiary/aromatic N) is 2. The molecule has 3 aromatic carbocycles. The van der Waals surface area contributed by atoms with E-state index >= 15 is 0 Å². The third-order valence-corrected chi connectivity index (χ3v) is 8.15.